The van der Waals surface area contributed by atoms with E-state index in [4.69, 9.17) is 25.1 Å². The van der Waals surface area contributed by atoms with Crippen molar-refractivity contribution in [2.75, 3.05) is 46.6 Å². The third kappa shape index (κ3) is 9.51. The van der Waals surface area contributed by atoms with E-state index in [2.05, 4.69) is 10.6 Å². The van der Waals surface area contributed by atoms with Gasteiger partial charge in [0.25, 0.3) is 0 Å². The standard InChI is InChI=1S/C30H38N4O9/c1-19(29(38)39)34(2)27(36)11-13-41-15-16-42-14-12-32-28(37)25(17-26(31)35)33-30(40)43-18-24-22-9-5-3-7-20(22)21-8-4-6-10-23(21)24/h3-10,19,24-25H,11-18H2,1-2H3,(H2,31,35)(H,32,37)(H,33,40)(H,38,39). The molecule has 0 radical (unpaired) electrons. The van der Waals surface area contributed by atoms with Gasteiger partial charge in [0.05, 0.1) is 39.3 Å². The van der Waals surface area contributed by atoms with Crippen molar-refractivity contribution < 1.29 is 43.3 Å². The van der Waals surface area contributed by atoms with Crippen LogP contribution in [0.3, 0.4) is 0 Å². The summed E-state index contributed by atoms with van der Waals surface area (Å²) in [5.41, 5.74) is 9.53. The summed E-state index contributed by atoms with van der Waals surface area (Å²) in [4.78, 5) is 60.8. The molecule has 4 amide bonds. The van der Waals surface area contributed by atoms with E-state index in [0.717, 1.165) is 27.2 Å². The molecule has 5 N–H and O–H groups in total. The number of carbonyl (C=O) groups is 5. The third-order valence-corrected chi connectivity index (χ3v) is 7.07. The zero-order valence-corrected chi connectivity index (χ0v) is 24.2. The first-order valence-corrected chi connectivity index (χ1v) is 13.9. The fraction of sp³-hybridized carbons (Fsp3) is 0.433. The van der Waals surface area contributed by atoms with Crippen LogP contribution in [0.2, 0.25) is 0 Å². The minimum atomic E-state index is -1.23. The van der Waals surface area contributed by atoms with E-state index < -0.39 is 42.4 Å². The number of nitrogens with one attached hydrogen (secondary N) is 2. The quantitative estimate of drug-likeness (QED) is 0.194. The number of benzene rings is 2. The second-order valence-electron chi connectivity index (χ2n) is 9.98. The van der Waals surface area contributed by atoms with Crippen LogP contribution in [0, 0.1) is 0 Å². The van der Waals surface area contributed by atoms with E-state index in [1.165, 1.54) is 14.0 Å². The molecule has 2 unspecified atom stereocenters. The van der Waals surface area contributed by atoms with Crippen LogP contribution in [-0.2, 0) is 33.4 Å². The number of carbonyl (C=O) groups excluding carboxylic acids is 4. The first-order chi connectivity index (χ1) is 20.6. The van der Waals surface area contributed by atoms with E-state index in [9.17, 15) is 24.0 Å². The van der Waals surface area contributed by atoms with E-state index in [-0.39, 0.29) is 57.8 Å². The molecule has 1 aliphatic carbocycles. The van der Waals surface area contributed by atoms with Crippen LogP contribution in [0.5, 0.6) is 0 Å². The Morgan fingerprint density at radius 2 is 1.51 bits per heavy atom. The molecule has 2 atom stereocenters. The van der Waals surface area contributed by atoms with Crippen molar-refractivity contribution in [1.82, 2.24) is 15.5 Å². The summed E-state index contributed by atoms with van der Waals surface area (Å²) in [6, 6.07) is 13.6. The van der Waals surface area contributed by atoms with Crippen molar-refractivity contribution in [3.05, 3.63) is 59.7 Å². The van der Waals surface area contributed by atoms with Gasteiger partial charge in [0.2, 0.25) is 17.7 Å². The summed E-state index contributed by atoms with van der Waals surface area (Å²) in [5, 5.41) is 14.0. The molecule has 2 aromatic carbocycles. The summed E-state index contributed by atoms with van der Waals surface area (Å²) < 4.78 is 16.2. The predicted octanol–water partition coefficient (Wildman–Crippen LogP) is 1.24. The highest BCUT2D eigenvalue weighted by molar-refractivity contribution is 5.90. The van der Waals surface area contributed by atoms with Crippen molar-refractivity contribution >= 4 is 29.8 Å². The number of hydrogen-bond acceptors (Lipinski definition) is 8. The van der Waals surface area contributed by atoms with Crippen molar-refractivity contribution in [3.8, 4) is 11.1 Å². The van der Waals surface area contributed by atoms with Crippen molar-refractivity contribution in [2.24, 2.45) is 5.73 Å². The van der Waals surface area contributed by atoms with Gasteiger partial charge in [-0.05, 0) is 29.2 Å². The van der Waals surface area contributed by atoms with Crippen molar-refractivity contribution in [2.45, 2.75) is 37.8 Å². The highest BCUT2D eigenvalue weighted by Gasteiger charge is 2.30. The molecule has 232 valence electrons. The lowest BCUT2D eigenvalue weighted by Gasteiger charge is -2.21. The number of nitrogens with two attached hydrogens (primary N) is 1. The van der Waals surface area contributed by atoms with Crippen LogP contribution in [0.15, 0.2) is 48.5 Å². The number of likely N-dealkylation sites (N-methyl/N-ethyl adjacent to an activating group) is 1. The molecule has 0 heterocycles. The minimum Gasteiger partial charge on any atom is -0.480 e. The number of aliphatic carboxylic acids is 1. The average Bonchev–Trinajstić information content (AvgIpc) is 3.31. The molecule has 0 saturated heterocycles. The highest BCUT2D eigenvalue weighted by Crippen LogP contribution is 2.44. The average molecular weight is 599 g/mol. The van der Waals surface area contributed by atoms with Crippen LogP contribution in [-0.4, -0.2) is 98.5 Å². The van der Waals surface area contributed by atoms with Crippen LogP contribution in [0.25, 0.3) is 11.1 Å². The maximum absolute atomic E-state index is 12.6. The summed E-state index contributed by atoms with van der Waals surface area (Å²) in [7, 11) is 1.42. The molecule has 13 heteroatoms. The molecule has 0 aromatic heterocycles. The molecule has 3 rings (SSSR count). The van der Waals surface area contributed by atoms with Gasteiger partial charge in [-0.3, -0.25) is 14.4 Å². The fourth-order valence-electron chi connectivity index (χ4n) is 4.60. The van der Waals surface area contributed by atoms with Crippen molar-refractivity contribution in [1.29, 1.82) is 0 Å². The largest absolute Gasteiger partial charge is 0.480 e. The van der Waals surface area contributed by atoms with E-state index >= 15 is 0 Å². The van der Waals surface area contributed by atoms with Crippen LogP contribution in [0.1, 0.15) is 36.8 Å². The lowest BCUT2D eigenvalue weighted by atomic mass is 9.98. The van der Waals surface area contributed by atoms with Gasteiger partial charge < -0.3 is 40.6 Å². The molecule has 0 fully saturated rings. The maximum Gasteiger partial charge on any atom is 0.407 e. The predicted molar refractivity (Wildman–Crippen MR) is 155 cm³/mol. The van der Waals surface area contributed by atoms with E-state index in [1.807, 2.05) is 48.5 Å². The zero-order chi connectivity index (χ0) is 31.4. The van der Waals surface area contributed by atoms with Crippen molar-refractivity contribution in [3.63, 3.8) is 0 Å². The van der Waals surface area contributed by atoms with Gasteiger partial charge in [0.15, 0.2) is 0 Å². The number of nitrogens with zero attached hydrogens (tertiary/aromatic N) is 1. The van der Waals surface area contributed by atoms with E-state index in [1.54, 1.807) is 0 Å². The zero-order valence-electron chi connectivity index (χ0n) is 24.2. The number of carboxylic acids is 1. The number of amides is 4. The maximum atomic E-state index is 12.6. The minimum absolute atomic E-state index is 0.0299. The second-order valence-corrected chi connectivity index (χ2v) is 9.98. The topological polar surface area (TPSA) is 187 Å². The van der Waals surface area contributed by atoms with E-state index in [0.29, 0.717) is 0 Å². The Morgan fingerprint density at radius 1 is 0.930 bits per heavy atom. The molecule has 43 heavy (non-hydrogen) atoms. The number of carboxylic acid groups (broad SMARTS) is 1. The Kier molecular flexibility index (Phi) is 12.5. The van der Waals surface area contributed by atoms with Gasteiger partial charge in [-0.1, -0.05) is 48.5 Å². The molecule has 0 saturated carbocycles. The molecule has 0 spiro atoms. The molecular weight excluding hydrogens is 560 g/mol. The Bertz CT molecular complexity index is 1260. The smallest absolute Gasteiger partial charge is 0.407 e. The number of hydrogen-bond donors (Lipinski definition) is 4. The molecule has 0 bridgehead atoms. The van der Waals surface area contributed by atoms with Gasteiger partial charge in [-0.2, -0.15) is 0 Å². The number of ether oxygens (including phenoxy) is 3. The summed E-state index contributed by atoms with van der Waals surface area (Å²) in [6.45, 7) is 2.17. The Morgan fingerprint density at radius 3 is 2.09 bits per heavy atom. The number of alkyl carbamates (subject to hydrolysis) is 1. The highest BCUT2D eigenvalue weighted by atomic mass is 16.5. The summed E-state index contributed by atoms with van der Waals surface area (Å²) in [5.74, 6) is -2.99. The lowest BCUT2D eigenvalue weighted by Crippen LogP contribution is -2.49. The molecule has 13 nitrogen and oxygen atoms in total. The molecule has 2 aromatic rings. The van der Waals surface area contributed by atoms with Crippen LogP contribution < -0.4 is 16.4 Å². The fourth-order valence-corrected chi connectivity index (χ4v) is 4.60. The first-order valence-electron chi connectivity index (χ1n) is 13.9. The number of fused-ring (bicyclic) bond motifs is 3. The van der Waals surface area contributed by atoms with Gasteiger partial charge >= 0.3 is 12.1 Å². The SMILES string of the molecule is CC(C(=O)O)N(C)C(=O)CCOCCOCCNC(=O)C(CC(N)=O)NC(=O)OCC1c2ccccc2-c2ccccc21. The Balaban J connectivity index is 1.35. The molecular formula is C30H38N4O9. The summed E-state index contributed by atoms with van der Waals surface area (Å²) >= 11 is 0. The normalized spacial score (nSPS) is 13.3. The Hall–Kier alpha value is -4.49. The van der Waals surface area contributed by atoms with Gasteiger partial charge in [-0.15, -0.1) is 0 Å². The Labute approximate surface area is 249 Å². The lowest BCUT2D eigenvalue weighted by molar-refractivity contribution is -0.148. The monoisotopic (exact) mass is 598 g/mol. The van der Waals surface area contributed by atoms with Gasteiger partial charge in [-0.25, -0.2) is 9.59 Å². The molecule has 1 aliphatic rings. The van der Waals surface area contributed by atoms with Gasteiger partial charge in [0.1, 0.15) is 18.7 Å². The second kappa shape index (κ2) is 16.2. The summed E-state index contributed by atoms with van der Waals surface area (Å²) in [6.07, 6.45) is -1.23. The van der Waals surface area contributed by atoms with Gasteiger partial charge in [0, 0.05) is 19.5 Å². The molecule has 0 aliphatic heterocycles. The van der Waals surface area contributed by atoms with Crippen LogP contribution in [0.4, 0.5) is 4.79 Å². The number of rotatable bonds is 17. The number of primary amides is 1. The third-order valence-electron chi connectivity index (χ3n) is 7.07. The van der Waals surface area contributed by atoms with Crippen LogP contribution >= 0.6 is 0 Å². The first kappa shape index (κ1) is 33.0.